The average Bonchev–Trinajstić information content (AvgIpc) is 3.32. The number of thiazole rings is 2. The van der Waals surface area contributed by atoms with Gasteiger partial charge in [0.1, 0.15) is 0 Å². The Balaban J connectivity index is 1.48. The highest BCUT2D eigenvalue weighted by Gasteiger charge is 2.27. The van der Waals surface area contributed by atoms with E-state index in [2.05, 4.69) is 70.2 Å². The molecule has 0 bridgehead atoms. The number of aromatic nitrogens is 2. The highest BCUT2D eigenvalue weighted by molar-refractivity contribution is 7.22. The molecule has 5 rings (SSSR count). The maximum absolute atomic E-state index is 4.88. The van der Waals surface area contributed by atoms with Crippen LogP contribution in [0.25, 0.3) is 20.4 Å². The van der Waals surface area contributed by atoms with Crippen LogP contribution in [0.5, 0.6) is 0 Å². The normalized spacial score (nSPS) is 15.9. The van der Waals surface area contributed by atoms with E-state index in [-0.39, 0.29) is 0 Å². The van der Waals surface area contributed by atoms with E-state index in [0.29, 0.717) is 0 Å². The van der Waals surface area contributed by atoms with Crippen molar-refractivity contribution >= 4 is 53.4 Å². The fourth-order valence-corrected chi connectivity index (χ4v) is 5.41. The Morgan fingerprint density at radius 2 is 1.30 bits per heavy atom. The third kappa shape index (κ3) is 3.26. The molecule has 4 aromatic rings. The summed E-state index contributed by atoms with van der Waals surface area (Å²) in [4.78, 5) is 17.0. The number of anilines is 2. The summed E-state index contributed by atoms with van der Waals surface area (Å²) in [5, 5.41) is 2.17. The van der Waals surface area contributed by atoms with E-state index in [1.54, 1.807) is 22.7 Å². The van der Waals surface area contributed by atoms with E-state index >= 15 is 0 Å². The standard InChI is InChI=1S/C20H21N5S2/c1-2-11-23-12-24(19-21-15-7-3-5-9-17(15)26-19)14-25(13-23)20-22-16-8-4-6-10-18(16)27-20/h3-10H,2,11-14H2,1H3. The van der Waals surface area contributed by atoms with Gasteiger partial charge in [-0.25, -0.2) is 9.97 Å². The molecule has 0 N–H and O–H groups in total. The van der Waals surface area contributed by atoms with Crippen LogP contribution in [0.3, 0.4) is 0 Å². The average molecular weight is 396 g/mol. The lowest BCUT2D eigenvalue weighted by atomic mass is 10.3. The van der Waals surface area contributed by atoms with Crippen molar-refractivity contribution in [3.8, 4) is 0 Å². The predicted molar refractivity (Wildman–Crippen MR) is 116 cm³/mol. The first-order valence-electron chi connectivity index (χ1n) is 9.23. The second kappa shape index (κ2) is 7.07. The zero-order valence-corrected chi connectivity index (χ0v) is 16.8. The van der Waals surface area contributed by atoms with E-state index in [0.717, 1.165) is 54.3 Å². The number of hydrogen-bond donors (Lipinski definition) is 0. The number of rotatable bonds is 4. The van der Waals surface area contributed by atoms with E-state index in [1.165, 1.54) is 9.40 Å². The summed E-state index contributed by atoms with van der Waals surface area (Å²) in [5.41, 5.74) is 2.16. The van der Waals surface area contributed by atoms with Gasteiger partial charge in [-0.3, -0.25) is 4.90 Å². The first kappa shape index (κ1) is 16.9. The van der Waals surface area contributed by atoms with Gasteiger partial charge in [0.2, 0.25) is 0 Å². The third-order valence-electron chi connectivity index (χ3n) is 4.73. The van der Waals surface area contributed by atoms with Crippen LogP contribution in [0.4, 0.5) is 10.3 Å². The fourth-order valence-electron chi connectivity index (χ4n) is 3.51. The highest BCUT2D eigenvalue weighted by atomic mass is 32.1. The first-order valence-corrected chi connectivity index (χ1v) is 10.9. The molecule has 0 atom stereocenters. The number of fused-ring (bicyclic) bond motifs is 2. The van der Waals surface area contributed by atoms with E-state index in [1.807, 2.05) is 0 Å². The summed E-state index contributed by atoms with van der Waals surface area (Å²) >= 11 is 3.54. The SMILES string of the molecule is CCCN1CN(c2nc3ccccc3s2)CN(c2nc3ccccc3s2)C1. The molecule has 0 radical (unpaired) electrons. The number of benzene rings is 2. The van der Waals surface area contributed by atoms with Gasteiger partial charge < -0.3 is 9.80 Å². The van der Waals surface area contributed by atoms with Gasteiger partial charge in [0.15, 0.2) is 10.3 Å². The maximum atomic E-state index is 4.88. The van der Waals surface area contributed by atoms with Crippen LogP contribution in [-0.4, -0.2) is 41.4 Å². The van der Waals surface area contributed by atoms with Gasteiger partial charge in [-0.15, -0.1) is 0 Å². The molecular formula is C20H21N5S2. The molecule has 7 heteroatoms. The molecule has 0 spiro atoms. The van der Waals surface area contributed by atoms with Gasteiger partial charge in [-0.1, -0.05) is 53.9 Å². The summed E-state index contributed by atoms with van der Waals surface area (Å²) < 4.78 is 2.48. The van der Waals surface area contributed by atoms with Crippen molar-refractivity contribution < 1.29 is 0 Å². The molecule has 2 aromatic heterocycles. The smallest absolute Gasteiger partial charge is 0.188 e. The quantitative estimate of drug-likeness (QED) is 0.495. The third-order valence-corrected chi connectivity index (χ3v) is 6.92. The summed E-state index contributed by atoms with van der Waals surface area (Å²) in [6, 6.07) is 16.8. The van der Waals surface area contributed by atoms with E-state index in [4.69, 9.17) is 9.97 Å². The Bertz CT molecular complexity index is 924. The minimum atomic E-state index is 0.819. The van der Waals surface area contributed by atoms with Crippen LogP contribution in [0.2, 0.25) is 0 Å². The predicted octanol–water partition coefficient (Wildman–Crippen LogP) is 4.82. The molecule has 3 heterocycles. The van der Waals surface area contributed by atoms with Crippen LogP contribution in [0, 0.1) is 0 Å². The van der Waals surface area contributed by atoms with Crippen LogP contribution in [-0.2, 0) is 0 Å². The molecule has 2 aromatic carbocycles. The van der Waals surface area contributed by atoms with Gasteiger partial charge in [0, 0.05) is 6.54 Å². The van der Waals surface area contributed by atoms with Crippen molar-refractivity contribution in [2.45, 2.75) is 13.3 Å². The molecule has 138 valence electrons. The Hall–Kier alpha value is -2.22. The van der Waals surface area contributed by atoms with Crippen LogP contribution in [0.1, 0.15) is 13.3 Å². The van der Waals surface area contributed by atoms with Gasteiger partial charge in [0.05, 0.1) is 40.4 Å². The molecule has 1 aliphatic rings. The van der Waals surface area contributed by atoms with Crippen LogP contribution < -0.4 is 9.80 Å². The van der Waals surface area contributed by atoms with Gasteiger partial charge >= 0.3 is 0 Å². The van der Waals surface area contributed by atoms with Crippen molar-refractivity contribution in [3.05, 3.63) is 48.5 Å². The van der Waals surface area contributed by atoms with Gasteiger partial charge in [0.25, 0.3) is 0 Å². The molecule has 27 heavy (non-hydrogen) atoms. The van der Waals surface area contributed by atoms with Crippen LogP contribution in [0.15, 0.2) is 48.5 Å². The molecule has 0 aliphatic carbocycles. The minimum Gasteiger partial charge on any atom is -0.317 e. The van der Waals surface area contributed by atoms with Crippen molar-refractivity contribution in [2.24, 2.45) is 0 Å². The lowest BCUT2D eigenvalue weighted by Gasteiger charge is -2.42. The zero-order chi connectivity index (χ0) is 18.2. The maximum Gasteiger partial charge on any atom is 0.188 e. The Labute approximate surface area is 166 Å². The second-order valence-corrected chi connectivity index (χ2v) is 8.84. The molecule has 1 fully saturated rings. The van der Waals surface area contributed by atoms with Crippen molar-refractivity contribution in [3.63, 3.8) is 0 Å². The summed E-state index contributed by atoms with van der Waals surface area (Å²) in [5.74, 6) is 0. The minimum absolute atomic E-state index is 0.819. The monoisotopic (exact) mass is 395 g/mol. The fraction of sp³-hybridized carbons (Fsp3) is 0.300. The molecule has 0 amide bonds. The summed E-state index contributed by atoms with van der Waals surface area (Å²) in [6.45, 7) is 5.95. The number of hydrogen-bond acceptors (Lipinski definition) is 7. The molecular weight excluding hydrogens is 374 g/mol. The van der Waals surface area contributed by atoms with E-state index in [9.17, 15) is 0 Å². The van der Waals surface area contributed by atoms with Crippen molar-refractivity contribution in [1.82, 2.24) is 14.9 Å². The molecule has 0 saturated carbocycles. The number of para-hydroxylation sites is 2. The highest BCUT2D eigenvalue weighted by Crippen LogP contribution is 2.33. The molecule has 5 nitrogen and oxygen atoms in total. The molecule has 1 saturated heterocycles. The number of nitrogens with zero attached hydrogens (tertiary/aromatic N) is 5. The summed E-state index contributed by atoms with van der Waals surface area (Å²) in [7, 11) is 0. The van der Waals surface area contributed by atoms with Gasteiger partial charge in [-0.2, -0.15) is 0 Å². The van der Waals surface area contributed by atoms with E-state index < -0.39 is 0 Å². The lowest BCUT2D eigenvalue weighted by molar-refractivity contribution is 0.242. The van der Waals surface area contributed by atoms with Crippen molar-refractivity contribution in [1.29, 1.82) is 0 Å². The van der Waals surface area contributed by atoms with Crippen molar-refractivity contribution in [2.75, 3.05) is 36.4 Å². The van der Waals surface area contributed by atoms with Gasteiger partial charge in [-0.05, 0) is 30.7 Å². The first-order chi connectivity index (χ1) is 13.3. The molecule has 0 unspecified atom stereocenters. The molecule has 1 aliphatic heterocycles. The lowest BCUT2D eigenvalue weighted by Crippen LogP contribution is -2.55. The Morgan fingerprint density at radius 3 is 1.78 bits per heavy atom. The largest absolute Gasteiger partial charge is 0.317 e. The topological polar surface area (TPSA) is 35.5 Å². The van der Waals surface area contributed by atoms with Crippen LogP contribution >= 0.6 is 22.7 Å². The second-order valence-electron chi connectivity index (χ2n) is 6.83. The summed E-state index contributed by atoms with van der Waals surface area (Å²) in [6.07, 6.45) is 1.14. The Morgan fingerprint density at radius 1 is 0.778 bits per heavy atom. The zero-order valence-electron chi connectivity index (χ0n) is 15.2. The Kier molecular flexibility index (Phi) is 4.43.